The highest BCUT2D eigenvalue weighted by Crippen LogP contribution is 2.25. The molecule has 0 spiro atoms. The maximum atomic E-state index is 12.5. The Morgan fingerprint density at radius 3 is 2.62 bits per heavy atom. The van der Waals surface area contributed by atoms with Crippen molar-refractivity contribution in [1.82, 2.24) is 4.90 Å². The fourth-order valence-electron chi connectivity index (χ4n) is 2.30. The summed E-state index contributed by atoms with van der Waals surface area (Å²) < 4.78 is 5.47. The highest BCUT2D eigenvalue weighted by atomic mass is 35.5. The third kappa shape index (κ3) is 5.77. The monoisotopic (exact) mass is 392 g/mol. The Bertz CT molecular complexity index is 763. The zero-order valence-corrected chi connectivity index (χ0v) is 16.3. The smallest absolute Gasteiger partial charge is 0.241 e. The third-order valence-electron chi connectivity index (χ3n) is 3.95. The molecule has 1 amide bonds. The fourth-order valence-corrected chi connectivity index (χ4v) is 2.64. The SMILES string of the molecule is C=CCOc1ccc(CN(C)[C@@H](C)C(=O)Nc2cc(Cl)ccc2Cl)cc1. The zero-order chi connectivity index (χ0) is 19.1. The van der Waals surface area contributed by atoms with Crippen LogP contribution in [0.15, 0.2) is 55.1 Å². The number of likely N-dealkylation sites (N-methyl/N-ethyl adjacent to an activating group) is 1. The predicted octanol–water partition coefficient (Wildman–Crippen LogP) is 5.02. The van der Waals surface area contributed by atoms with Crippen LogP contribution in [-0.4, -0.2) is 30.5 Å². The molecular weight excluding hydrogens is 371 g/mol. The van der Waals surface area contributed by atoms with Crippen LogP contribution in [0.25, 0.3) is 0 Å². The number of carbonyl (C=O) groups is 1. The molecule has 1 atom stereocenters. The Kier molecular flexibility index (Phi) is 7.51. The lowest BCUT2D eigenvalue weighted by Crippen LogP contribution is -2.39. The average Bonchev–Trinajstić information content (AvgIpc) is 2.63. The zero-order valence-electron chi connectivity index (χ0n) is 14.8. The summed E-state index contributed by atoms with van der Waals surface area (Å²) in [4.78, 5) is 14.4. The predicted molar refractivity (Wildman–Crippen MR) is 108 cm³/mol. The Balaban J connectivity index is 1.95. The third-order valence-corrected chi connectivity index (χ3v) is 4.51. The van der Waals surface area contributed by atoms with Crippen LogP contribution in [0.5, 0.6) is 5.75 Å². The summed E-state index contributed by atoms with van der Waals surface area (Å²) in [6.45, 7) is 6.57. The normalized spacial score (nSPS) is 11.9. The number of carbonyl (C=O) groups excluding carboxylic acids is 1. The van der Waals surface area contributed by atoms with Gasteiger partial charge in [-0.2, -0.15) is 0 Å². The molecular formula is C20H22Cl2N2O2. The van der Waals surface area contributed by atoms with Crippen LogP contribution in [0.1, 0.15) is 12.5 Å². The maximum absolute atomic E-state index is 12.5. The van der Waals surface area contributed by atoms with Crippen LogP contribution in [0.4, 0.5) is 5.69 Å². The van der Waals surface area contributed by atoms with Crippen molar-refractivity contribution in [3.8, 4) is 5.75 Å². The Morgan fingerprint density at radius 2 is 1.96 bits per heavy atom. The van der Waals surface area contributed by atoms with E-state index < -0.39 is 0 Å². The molecule has 0 unspecified atom stereocenters. The Hall–Kier alpha value is -2.01. The summed E-state index contributed by atoms with van der Waals surface area (Å²) in [6.07, 6.45) is 1.70. The van der Waals surface area contributed by atoms with Crippen LogP contribution in [-0.2, 0) is 11.3 Å². The van der Waals surface area contributed by atoms with Gasteiger partial charge in [0.15, 0.2) is 0 Å². The number of rotatable bonds is 8. The van der Waals surface area contributed by atoms with E-state index >= 15 is 0 Å². The first-order chi connectivity index (χ1) is 12.4. The quantitative estimate of drug-likeness (QED) is 0.641. The van der Waals surface area contributed by atoms with Gasteiger partial charge < -0.3 is 10.1 Å². The molecule has 4 nitrogen and oxygen atoms in total. The first-order valence-electron chi connectivity index (χ1n) is 8.19. The summed E-state index contributed by atoms with van der Waals surface area (Å²) in [6, 6.07) is 12.4. The van der Waals surface area contributed by atoms with Crippen molar-refractivity contribution in [2.24, 2.45) is 0 Å². The molecule has 0 saturated heterocycles. The van der Waals surface area contributed by atoms with Crippen LogP contribution >= 0.6 is 23.2 Å². The summed E-state index contributed by atoms with van der Waals surface area (Å²) in [5.74, 6) is 0.639. The van der Waals surface area contributed by atoms with Gasteiger partial charge in [-0.05, 0) is 49.9 Å². The van der Waals surface area contributed by atoms with Gasteiger partial charge in [0.25, 0.3) is 0 Å². The fraction of sp³-hybridized carbons (Fsp3) is 0.250. The van der Waals surface area contributed by atoms with Gasteiger partial charge in [-0.25, -0.2) is 0 Å². The lowest BCUT2D eigenvalue weighted by molar-refractivity contribution is -0.120. The van der Waals surface area contributed by atoms with Crippen molar-refractivity contribution in [3.63, 3.8) is 0 Å². The van der Waals surface area contributed by atoms with Gasteiger partial charge in [0.2, 0.25) is 5.91 Å². The van der Waals surface area contributed by atoms with E-state index in [1.165, 1.54) is 0 Å². The van der Waals surface area contributed by atoms with Gasteiger partial charge in [0.05, 0.1) is 16.8 Å². The molecule has 2 rings (SSSR count). The van der Waals surface area contributed by atoms with Crippen molar-refractivity contribution >= 4 is 34.8 Å². The number of nitrogens with zero attached hydrogens (tertiary/aromatic N) is 1. The van der Waals surface area contributed by atoms with Crippen molar-refractivity contribution in [2.75, 3.05) is 19.0 Å². The first kappa shape index (κ1) is 20.3. The van der Waals surface area contributed by atoms with E-state index in [1.54, 1.807) is 24.3 Å². The van der Waals surface area contributed by atoms with Gasteiger partial charge in [-0.1, -0.05) is 48.0 Å². The van der Waals surface area contributed by atoms with Crippen molar-refractivity contribution in [1.29, 1.82) is 0 Å². The van der Waals surface area contributed by atoms with Gasteiger partial charge in [-0.3, -0.25) is 9.69 Å². The number of anilines is 1. The molecule has 26 heavy (non-hydrogen) atoms. The second-order valence-electron chi connectivity index (χ2n) is 5.95. The molecule has 0 bridgehead atoms. The van der Waals surface area contributed by atoms with Crippen molar-refractivity contribution in [3.05, 3.63) is 70.7 Å². The molecule has 0 fully saturated rings. The van der Waals surface area contributed by atoms with Gasteiger partial charge >= 0.3 is 0 Å². The molecule has 1 N–H and O–H groups in total. The summed E-state index contributed by atoms with van der Waals surface area (Å²) in [7, 11) is 1.89. The van der Waals surface area contributed by atoms with Crippen LogP contribution in [0, 0.1) is 0 Å². The van der Waals surface area contributed by atoms with Crippen LogP contribution < -0.4 is 10.1 Å². The first-order valence-corrected chi connectivity index (χ1v) is 8.95. The van der Waals surface area contributed by atoms with Crippen LogP contribution in [0.3, 0.4) is 0 Å². The van der Waals surface area contributed by atoms with E-state index in [2.05, 4.69) is 11.9 Å². The molecule has 0 radical (unpaired) electrons. The van der Waals surface area contributed by atoms with Crippen molar-refractivity contribution in [2.45, 2.75) is 19.5 Å². The number of halogens is 2. The summed E-state index contributed by atoms with van der Waals surface area (Å²) in [5.41, 5.74) is 1.59. The molecule has 0 saturated carbocycles. The second kappa shape index (κ2) is 9.62. The Morgan fingerprint density at radius 1 is 1.27 bits per heavy atom. The van der Waals surface area contributed by atoms with Crippen LogP contribution in [0.2, 0.25) is 10.0 Å². The standard InChI is InChI=1S/C20H22Cl2N2O2/c1-4-11-26-17-8-5-15(6-9-17)13-24(3)14(2)20(25)23-19-12-16(21)7-10-18(19)22/h4-10,12,14H,1,11,13H2,2-3H3,(H,23,25)/t14-/m0/s1. The van der Waals surface area contributed by atoms with E-state index in [4.69, 9.17) is 27.9 Å². The van der Waals surface area contributed by atoms with Gasteiger partial charge in [0.1, 0.15) is 12.4 Å². The number of hydrogen-bond donors (Lipinski definition) is 1. The maximum Gasteiger partial charge on any atom is 0.241 e. The van der Waals surface area contributed by atoms with E-state index in [0.29, 0.717) is 28.9 Å². The van der Waals surface area contributed by atoms with Gasteiger partial charge in [0, 0.05) is 11.6 Å². The topological polar surface area (TPSA) is 41.6 Å². The lowest BCUT2D eigenvalue weighted by atomic mass is 10.1. The molecule has 6 heteroatoms. The highest BCUT2D eigenvalue weighted by Gasteiger charge is 2.19. The lowest BCUT2D eigenvalue weighted by Gasteiger charge is -2.24. The molecule has 2 aromatic rings. The number of ether oxygens (including phenoxy) is 1. The number of benzene rings is 2. The number of amides is 1. The minimum atomic E-state index is -0.346. The Labute approximate surface area is 164 Å². The summed E-state index contributed by atoms with van der Waals surface area (Å²) >= 11 is 12.1. The minimum absolute atomic E-state index is 0.150. The number of hydrogen-bond acceptors (Lipinski definition) is 3. The van der Waals surface area contributed by atoms with E-state index in [1.807, 2.05) is 43.1 Å². The average molecular weight is 393 g/mol. The van der Waals surface area contributed by atoms with E-state index in [-0.39, 0.29) is 11.9 Å². The van der Waals surface area contributed by atoms with E-state index in [0.717, 1.165) is 11.3 Å². The molecule has 0 aliphatic rings. The molecule has 0 aliphatic carbocycles. The molecule has 0 aromatic heterocycles. The second-order valence-corrected chi connectivity index (χ2v) is 6.79. The molecule has 138 valence electrons. The largest absolute Gasteiger partial charge is 0.490 e. The minimum Gasteiger partial charge on any atom is -0.490 e. The highest BCUT2D eigenvalue weighted by molar-refractivity contribution is 6.35. The summed E-state index contributed by atoms with van der Waals surface area (Å²) in [5, 5.41) is 3.79. The molecule has 2 aromatic carbocycles. The van der Waals surface area contributed by atoms with Gasteiger partial charge in [-0.15, -0.1) is 0 Å². The van der Waals surface area contributed by atoms with E-state index in [9.17, 15) is 4.79 Å². The molecule has 0 heterocycles. The number of nitrogens with one attached hydrogen (secondary N) is 1. The molecule has 0 aliphatic heterocycles. The van der Waals surface area contributed by atoms with Crippen molar-refractivity contribution < 1.29 is 9.53 Å².